The van der Waals surface area contributed by atoms with Crippen molar-refractivity contribution >= 4 is 33.2 Å². The number of morpholine rings is 1. The minimum absolute atomic E-state index is 0.0771. The molecule has 1 heterocycles. The summed E-state index contributed by atoms with van der Waals surface area (Å²) in [5, 5.41) is 2.85. The van der Waals surface area contributed by atoms with Gasteiger partial charge in [0.1, 0.15) is 4.90 Å². The maximum atomic E-state index is 12.9. The monoisotopic (exact) mass is 438 g/mol. The highest BCUT2D eigenvalue weighted by atomic mass is 35.5. The average molecular weight is 439 g/mol. The molecule has 9 heteroatoms. The van der Waals surface area contributed by atoms with Crippen molar-refractivity contribution in [3.8, 4) is 0 Å². The van der Waals surface area contributed by atoms with E-state index in [2.05, 4.69) is 5.32 Å². The first-order valence-corrected chi connectivity index (χ1v) is 11.1. The zero-order valence-corrected chi connectivity index (χ0v) is 17.6. The standard InChI is InChI=1S/C20H23ClN2O5S/c1-2-27-14-15-3-6-17(7-4-15)22-20(24)16-5-8-18(21)19(13-16)29(25,26)23-9-11-28-12-10-23/h3-8,13H,2,9-12,14H2,1H3,(H,22,24). The minimum atomic E-state index is -3.81. The highest BCUT2D eigenvalue weighted by Crippen LogP contribution is 2.27. The summed E-state index contributed by atoms with van der Waals surface area (Å²) >= 11 is 6.14. The number of hydrogen-bond acceptors (Lipinski definition) is 5. The SMILES string of the molecule is CCOCc1ccc(NC(=O)c2ccc(Cl)c(S(=O)(=O)N3CCOCC3)c2)cc1. The van der Waals surface area contributed by atoms with Crippen LogP contribution in [0, 0.1) is 0 Å². The first kappa shape index (κ1) is 21.7. The van der Waals surface area contributed by atoms with E-state index in [1.165, 1.54) is 22.5 Å². The smallest absolute Gasteiger partial charge is 0.255 e. The number of carbonyl (C=O) groups excluding carboxylic acids is 1. The number of nitrogens with one attached hydrogen (secondary N) is 1. The number of carbonyl (C=O) groups is 1. The normalized spacial score (nSPS) is 15.2. The van der Waals surface area contributed by atoms with E-state index in [4.69, 9.17) is 21.1 Å². The summed E-state index contributed by atoms with van der Waals surface area (Å²) in [7, 11) is -3.81. The van der Waals surface area contributed by atoms with Gasteiger partial charge < -0.3 is 14.8 Å². The Morgan fingerprint density at radius 2 is 1.86 bits per heavy atom. The Hall–Kier alpha value is -1.97. The van der Waals surface area contributed by atoms with Crippen LogP contribution in [0.15, 0.2) is 47.4 Å². The second kappa shape index (κ2) is 9.69. The Morgan fingerprint density at radius 1 is 1.17 bits per heavy atom. The van der Waals surface area contributed by atoms with Crippen LogP contribution in [0.4, 0.5) is 5.69 Å². The third kappa shape index (κ3) is 5.34. The number of halogens is 1. The van der Waals surface area contributed by atoms with Gasteiger partial charge in [0, 0.05) is 30.9 Å². The highest BCUT2D eigenvalue weighted by molar-refractivity contribution is 7.89. The molecule has 2 aromatic rings. The third-order valence-corrected chi connectivity index (χ3v) is 6.85. The lowest BCUT2D eigenvalue weighted by Gasteiger charge is -2.26. The van der Waals surface area contributed by atoms with Gasteiger partial charge in [-0.15, -0.1) is 0 Å². The lowest BCUT2D eigenvalue weighted by molar-refractivity contribution is 0.0730. The van der Waals surface area contributed by atoms with E-state index in [0.717, 1.165) is 5.56 Å². The Morgan fingerprint density at radius 3 is 2.52 bits per heavy atom. The molecule has 156 valence electrons. The second-order valence-corrected chi connectivity index (χ2v) is 8.76. The van der Waals surface area contributed by atoms with Crippen molar-refractivity contribution in [1.82, 2.24) is 4.31 Å². The number of amides is 1. The van der Waals surface area contributed by atoms with Crippen molar-refractivity contribution in [1.29, 1.82) is 0 Å². The van der Waals surface area contributed by atoms with Crippen LogP contribution in [-0.2, 0) is 26.1 Å². The van der Waals surface area contributed by atoms with Crippen molar-refractivity contribution in [3.63, 3.8) is 0 Å². The number of rotatable bonds is 7. The minimum Gasteiger partial charge on any atom is -0.379 e. The fraction of sp³-hybridized carbons (Fsp3) is 0.350. The zero-order chi connectivity index (χ0) is 20.9. The van der Waals surface area contributed by atoms with Crippen molar-refractivity contribution < 1.29 is 22.7 Å². The molecule has 1 aliphatic heterocycles. The maximum absolute atomic E-state index is 12.9. The van der Waals surface area contributed by atoms with Crippen molar-refractivity contribution in [2.45, 2.75) is 18.4 Å². The summed E-state index contributed by atoms with van der Waals surface area (Å²) in [4.78, 5) is 12.5. The number of sulfonamides is 1. The molecule has 0 spiro atoms. The fourth-order valence-corrected chi connectivity index (χ4v) is 4.78. The number of benzene rings is 2. The maximum Gasteiger partial charge on any atom is 0.255 e. The number of ether oxygens (including phenoxy) is 2. The summed E-state index contributed by atoms with van der Waals surface area (Å²) in [6, 6.07) is 11.5. The molecule has 3 rings (SSSR count). The molecule has 1 aliphatic rings. The van der Waals surface area contributed by atoms with E-state index >= 15 is 0 Å². The van der Waals surface area contributed by atoms with Gasteiger partial charge in [-0.2, -0.15) is 4.31 Å². The van der Waals surface area contributed by atoms with Crippen molar-refractivity contribution in [3.05, 3.63) is 58.6 Å². The molecule has 0 atom stereocenters. The summed E-state index contributed by atoms with van der Waals surface area (Å²) in [6.07, 6.45) is 0. The van der Waals surface area contributed by atoms with Crippen LogP contribution in [-0.4, -0.2) is 51.5 Å². The van der Waals surface area contributed by atoms with Crippen molar-refractivity contribution in [2.75, 3.05) is 38.2 Å². The van der Waals surface area contributed by atoms with Gasteiger partial charge in [0.25, 0.3) is 5.91 Å². The highest BCUT2D eigenvalue weighted by Gasteiger charge is 2.29. The van der Waals surface area contributed by atoms with Crippen LogP contribution >= 0.6 is 11.6 Å². The molecule has 0 unspecified atom stereocenters. The molecule has 0 saturated carbocycles. The molecule has 0 aromatic heterocycles. The largest absolute Gasteiger partial charge is 0.379 e. The Balaban J connectivity index is 1.77. The lowest BCUT2D eigenvalue weighted by atomic mass is 10.2. The van der Waals surface area contributed by atoms with Crippen LogP contribution in [0.3, 0.4) is 0 Å². The topological polar surface area (TPSA) is 84.9 Å². The van der Waals surface area contributed by atoms with Gasteiger partial charge in [-0.25, -0.2) is 8.42 Å². The molecule has 2 aromatic carbocycles. The molecule has 0 radical (unpaired) electrons. The molecule has 1 amide bonds. The third-order valence-electron chi connectivity index (χ3n) is 4.47. The molecular weight excluding hydrogens is 416 g/mol. The van der Waals surface area contributed by atoms with Gasteiger partial charge in [-0.3, -0.25) is 4.79 Å². The van der Waals surface area contributed by atoms with Crippen LogP contribution in [0.5, 0.6) is 0 Å². The van der Waals surface area contributed by atoms with E-state index in [9.17, 15) is 13.2 Å². The first-order chi connectivity index (χ1) is 13.9. The predicted molar refractivity (Wildman–Crippen MR) is 111 cm³/mol. The Labute approximate surface area is 175 Å². The Kier molecular flexibility index (Phi) is 7.26. The molecule has 0 bridgehead atoms. The molecule has 1 N–H and O–H groups in total. The number of anilines is 1. The summed E-state index contributed by atoms with van der Waals surface area (Å²) < 4.78 is 37.7. The Bertz CT molecular complexity index is 957. The van der Waals surface area contributed by atoms with Crippen LogP contribution < -0.4 is 5.32 Å². The first-order valence-electron chi connectivity index (χ1n) is 9.27. The van der Waals surface area contributed by atoms with Crippen LogP contribution in [0.2, 0.25) is 5.02 Å². The summed E-state index contributed by atoms with van der Waals surface area (Å²) in [6.45, 7) is 4.22. The lowest BCUT2D eigenvalue weighted by Crippen LogP contribution is -2.40. The van der Waals surface area contributed by atoms with Gasteiger partial charge in [0.2, 0.25) is 10.0 Å². The molecule has 1 fully saturated rings. The van der Waals surface area contributed by atoms with Gasteiger partial charge in [0.15, 0.2) is 0 Å². The van der Waals surface area contributed by atoms with Gasteiger partial charge in [-0.1, -0.05) is 23.7 Å². The van der Waals surface area contributed by atoms with Gasteiger partial charge in [0.05, 0.1) is 24.8 Å². The molecule has 7 nitrogen and oxygen atoms in total. The van der Waals surface area contributed by atoms with E-state index < -0.39 is 15.9 Å². The predicted octanol–water partition coefficient (Wildman–Crippen LogP) is 3.15. The number of nitrogens with zero attached hydrogens (tertiary/aromatic N) is 1. The second-order valence-electron chi connectivity index (χ2n) is 6.45. The quantitative estimate of drug-likeness (QED) is 0.717. The van der Waals surface area contributed by atoms with Gasteiger partial charge in [-0.05, 0) is 42.8 Å². The van der Waals surface area contributed by atoms with E-state index in [1.54, 1.807) is 12.1 Å². The van der Waals surface area contributed by atoms with Crippen molar-refractivity contribution in [2.24, 2.45) is 0 Å². The molecule has 0 aliphatic carbocycles. The number of hydrogen-bond donors (Lipinski definition) is 1. The zero-order valence-electron chi connectivity index (χ0n) is 16.1. The van der Waals surface area contributed by atoms with Crippen LogP contribution in [0.1, 0.15) is 22.8 Å². The molecule has 1 saturated heterocycles. The summed E-state index contributed by atoms with van der Waals surface area (Å²) in [5.74, 6) is -0.419. The summed E-state index contributed by atoms with van der Waals surface area (Å²) in [5.41, 5.74) is 1.80. The van der Waals surface area contributed by atoms with Gasteiger partial charge >= 0.3 is 0 Å². The van der Waals surface area contributed by atoms with E-state index in [1.807, 2.05) is 19.1 Å². The van der Waals surface area contributed by atoms with E-state index in [0.29, 0.717) is 32.1 Å². The van der Waals surface area contributed by atoms with Crippen LogP contribution in [0.25, 0.3) is 0 Å². The average Bonchev–Trinajstić information content (AvgIpc) is 2.74. The fourth-order valence-electron chi connectivity index (χ4n) is 2.88. The molecule has 29 heavy (non-hydrogen) atoms. The van der Waals surface area contributed by atoms with E-state index in [-0.39, 0.29) is 28.6 Å². The molecular formula is C20H23ClN2O5S.